The predicted octanol–water partition coefficient (Wildman–Crippen LogP) is 9.75. The molecule has 0 fully saturated rings. The van der Waals surface area contributed by atoms with Crippen molar-refractivity contribution in [1.82, 2.24) is 0 Å². The van der Waals surface area contributed by atoms with E-state index in [9.17, 15) is 28.8 Å². The molecule has 0 bridgehead atoms. The highest BCUT2D eigenvalue weighted by atomic mass is 32.2. The molecule has 6 atom stereocenters. The number of para-hydroxylation sites is 3. The SMILES string of the molecule is CSC(C(=O)O)c1ccccc1.CS[C@@H](C(=O)O)c1ccccc1.CS[C@@H](C(=O)O)c1ccccc1.O=C(O)C1Cc2ccccc2O1.O=C(O)[C@@H]1Cc2ccccc2O1.O=C(O)[C@H]1Cc2ccccc2O1. The maximum Gasteiger partial charge on any atom is 0.345 e. The molecule has 2 unspecified atom stereocenters. The number of fused-ring (bicyclic) bond motifs is 3. The molecule has 72 heavy (non-hydrogen) atoms. The summed E-state index contributed by atoms with van der Waals surface area (Å²) in [5.41, 5.74) is 5.47. The Morgan fingerprint density at radius 3 is 0.750 bits per heavy atom. The van der Waals surface area contributed by atoms with Crippen molar-refractivity contribution < 1.29 is 73.6 Å². The third-order valence-electron chi connectivity index (χ3n) is 10.5. The van der Waals surface area contributed by atoms with Gasteiger partial charge >= 0.3 is 35.8 Å². The van der Waals surface area contributed by atoms with Gasteiger partial charge in [0.15, 0.2) is 18.3 Å². The van der Waals surface area contributed by atoms with Crippen molar-refractivity contribution in [3.63, 3.8) is 0 Å². The van der Waals surface area contributed by atoms with Gasteiger partial charge < -0.3 is 44.8 Å². The molecule has 0 saturated carbocycles. The van der Waals surface area contributed by atoms with E-state index in [0.717, 1.165) is 33.4 Å². The molecule has 0 aromatic heterocycles. The van der Waals surface area contributed by atoms with Crippen LogP contribution in [0.3, 0.4) is 0 Å². The highest BCUT2D eigenvalue weighted by Crippen LogP contribution is 2.31. The molecule has 6 aromatic rings. The van der Waals surface area contributed by atoms with Gasteiger partial charge in [-0.2, -0.15) is 0 Å². The first kappa shape index (κ1) is 57.2. The van der Waals surface area contributed by atoms with Crippen LogP contribution < -0.4 is 14.2 Å². The number of carboxylic acid groups (broad SMARTS) is 6. The first-order valence-electron chi connectivity index (χ1n) is 21.9. The van der Waals surface area contributed by atoms with Crippen LogP contribution in [0.4, 0.5) is 0 Å². The summed E-state index contributed by atoms with van der Waals surface area (Å²) in [6, 6.07) is 49.9. The van der Waals surface area contributed by atoms with E-state index < -0.39 is 69.9 Å². The fraction of sp³-hybridized carbons (Fsp3) is 0.222. The molecule has 9 rings (SSSR count). The van der Waals surface area contributed by atoms with Crippen LogP contribution in [0.25, 0.3) is 0 Å². The predicted molar refractivity (Wildman–Crippen MR) is 278 cm³/mol. The summed E-state index contributed by atoms with van der Waals surface area (Å²) in [5, 5.41) is 51.1. The van der Waals surface area contributed by atoms with Crippen molar-refractivity contribution in [2.45, 2.75) is 53.3 Å². The standard InChI is InChI=1S/3C9H8O3.3C9H10O2S/c3*10-9(11)8-5-6-3-1-2-4-7(6)12-8;3*1-12-8(9(10)11)7-5-3-2-4-6-7/h3*1-4,8H,5H2,(H,10,11);3*2-6,8H,1H3,(H,10,11)/t2*8-;;2*8-;/m10.11./s1. The Hall–Kier alpha value is -7.41. The molecule has 3 heterocycles. The number of thioether (sulfide) groups is 3. The van der Waals surface area contributed by atoms with Crippen LogP contribution in [-0.2, 0) is 48.0 Å². The minimum atomic E-state index is -0.897. The lowest BCUT2D eigenvalue weighted by molar-refractivity contribution is -0.145. The van der Waals surface area contributed by atoms with Gasteiger partial charge in [-0.3, -0.25) is 14.4 Å². The largest absolute Gasteiger partial charge is 0.480 e. The van der Waals surface area contributed by atoms with Crippen molar-refractivity contribution in [1.29, 1.82) is 0 Å². The summed E-state index contributed by atoms with van der Waals surface area (Å²) in [6.45, 7) is 0. The van der Waals surface area contributed by atoms with Crippen LogP contribution >= 0.6 is 35.3 Å². The van der Waals surface area contributed by atoms with Crippen molar-refractivity contribution in [3.05, 3.63) is 197 Å². The lowest BCUT2D eigenvalue weighted by Crippen LogP contribution is -2.24. The lowest BCUT2D eigenvalue weighted by Gasteiger charge is -2.08. The second-order valence-corrected chi connectivity index (χ2v) is 18.2. The number of ether oxygens (including phenoxy) is 3. The van der Waals surface area contributed by atoms with Gasteiger partial charge in [0, 0.05) is 19.3 Å². The third-order valence-corrected chi connectivity index (χ3v) is 13.3. The Balaban J connectivity index is 0.000000187. The highest BCUT2D eigenvalue weighted by Gasteiger charge is 2.30. The minimum absolute atomic E-state index is 0.439. The summed E-state index contributed by atoms with van der Waals surface area (Å²) in [5.74, 6) is -2.94. The van der Waals surface area contributed by atoms with E-state index in [1.54, 1.807) is 37.0 Å². The van der Waals surface area contributed by atoms with Gasteiger partial charge in [0.05, 0.1) is 0 Å². The molecule has 0 aliphatic carbocycles. The topological polar surface area (TPSA) is 251 Å². The summed E-state index contributed by atoms with van der Waals surface area (Å²) < 4.78 is 15.5. The number of carbonyl (C=O) groups is 6. The zero-order valence-corrected chi connectivity index (χ0v) is 41.7. The monoisotopic (exact) mass is 1040 g/mol. The molecule has 3 aliphatic rings. The molecule has 0 saturated heterocycles. The van der Waals surface area contributed by atoms with E-state index in [0.29, 0.717) is 36.5 Å². The maximum atomic E-state index is 10.7. The van der Waals surface area contributed by atoms with Gasteiger partial charge in [0.2, 0.25) is 0 Å². The number of hydrogen-bond donors (Lipinski definition) is 6. The smallest absolute Gasteiger partial charge is 0.345 e. The Labute approximate surface area is 429 Å². The minimum Gasteiger partial charge on any atom is -0.480 e. The fourth-order valence-corrected chi connectivity index (χ4v) is 8.87. The van der Waals surface area contributed by atoms with Crippen LogP contribution in [0.5, 0.6) is 17.2 Å². The van der Waals surface area contributed by atoms with Gasteiger partial charge in [-0.15, -0.1) is 35.3 Å². The molecule has 3 aliphatic heterocycles. The second-order valence-electron chi connectivity index (χ2n) is 15.4. The number of carboxylic acids is 6. The third kappa shape index (κ3) is 17.8. The molecule has 0 spiro atoms. The van der Waals surface area contributed by atoms with Crippen LogP contribution in [0.15, 0.2) is 164 Å². The van der Waals surface area contributed by atoms with Crippen LogP contribution in [0, 0.1) is 0 Å². The summed E-state index contributed by atoms with van der Waals surface area (Å²) >= 11 is 3.99. The summed E-state index contributed by atoms with van der Waals surface area (Å²) in [4.78, 5) is 63.8. The highest BCUT2D eigenvalue weighted by molar-refractivity contribution is 7.99. The maximum absolute atomic E-state index is 10.7. The van der Waals surface area contributed by atoms with Gasteiger partial charge in [0.1, 0.15) is 33.0 Å². The van der Waals surface area contributed by atoms with Crippen molar-refractivity contribution in [3.8, 4) is 17.2 Å². The average Bonchev–Trinajstić information content (AvgIpc) is 4.15. The first-order chi connectivity index (χ1) is 34.6. The second kappa shape index (κ2) is 29.7. The molecule has 18 heteroatoms. The number of benzene rings is 6. The Kier molecular flexibility index (Phi) is 23.6. The van der Waals surface area contributed by atoms with Crippen LogP contribution in [0.1, 0.15) is 49.1 Å². The molecule has 15 nitrogen and oxygen atoms in total. The molecule has 6 aromatic carbocycles. The Bertz CT molecular complexity index is 2320. The van der Waals surface area contributed by atoms with E-state index in [1.165, 1.54) is 35.3 Å². The summed E-state index contributed by atoms with van der Waals surface area (Å²) in [7, 11) is 0. The Morgan fingerprint density at radius 1 is 0.361 bits per heavy atom. The molecule has 6 N–H and O–H groups in total. The normalized spacial score (nSPS) is 16.1. The van der Waals surface area contributed by atoms with Crippen molar-refractivity contribution in [2.75, 3.05) is 18.8 Å². The van der Waals surface area contributed by atoms with E-state index in [1.807, 2.05) is 146 Å². The van der Waals surface area contributed by atoms with Crippen molar-refractivity contribution in [2.24, 2.45) is 0 Å². The summed E-state index contributed by atoms with van der Waals surface area (Å²) in [6.07, 6.45) is 4.75. The van der Waals surface area contributed by atoms with E-state index >= 15 is 0 Å². The van der Waals surface area contributed by atoms with Gasteiger partial charge in [-0.1, -0.05) is 146 Å². The van der Waals surface area contributed by atoms with E-state index in [2.05, 4.69) is 0 Å². The number of aliphatic carboxylic acids is 6. The average molecular weight is 1040 g/mol. The fourth-order valence-electron chi connectivity index (χ4n) is 6.98. The van der Waals surface area contributed by atoms with Gasteiger partial charge in [-0.05, 0) is 70.3 Å². The zero-order valence-electron chi connectivity index (χ0n) is 39.3. The van der Waals surface area contributed by atoms with Gasteiger partial charge in [0.25, 0.3) is 0 Å². The first-order valence-corrected chi connectivity index (χ1v) is 25.8. The van der Waals surface area contributed by atoms with Crippen molar-refractivity contribution >= 4 is 71.1 Å². The van der Waals surface area contributed by atoms with Gasteiger partial charge in [-0.25, -0.2) is 14.4 Å². The van der Waals surface area contributed by atoms with Crippen LogP contribution in [0.2, 0.25) is 0 Å². The molecule has 378 valence electrons. The van der Waals surface area contributed by atoms with E-state index in [4.69, 9.17) is 44.8 Å². The molecule has 0 radical (unpaired) electrons. The van der Waals surface area contributed by atoms with Crippen LogP contribution in [-0.4, -0.2) is 104 Å². The van der Waals surface area contributed by atoms with E-state index in [-0.39, 0.29) is 0 Å². The zero-order chi connectivity index (χ0) is 52.6. The molecule has 0 amide bonds. The molecular formula is C54H54O15S3. The number of rotatable bonds is 12. The number of hydrogen-bond acceptors (Lipinski definition) is 12. The Morgan fingerprint density at radius 2 is 0.569 bits per heavy atom. The lowest BCUT2D eigenvalue weighted by atomic mass is 10.1. The quantitative estimate of drug-likeness (QED) is 0.0667. The molecular weight excluding hydrogens is 985 g/mol.